The van der Waals surface area contributed by atoms with Gasteiger partial charge in [0.05, 0.1) is 6.61 Å². The Labute approximate surface area is 279 Å². The quantitative estimate of drug-likeness (QED) is 0.120. The maximum absolute atomic E-state index is 13.8. The van der Waals surface area contributed by atoms with Gasteiger partial charge in [-0.2, -0.15) is 13.5 Å². The number of pyridine rings is 1. The molecule has 246 valence electrons. The molecule has 2 fully saturated rings. The smallest absolute Gasteiger partial charge is 0.387 e. The average molecular weight is 697 g/mol. The number of hydrogen-bond donors (Lipinski definition) is 0. The van der Waals surface area contributed by atoms with Gasteiger partial charge in [-0.05, 0) is 54.2 Å². The van der Waals surface area contributed by atoms with E-state index < -0.39 is 24.1 Å². The summed E-state index contributed by atoms with van der Waals surface area (Å²) >= 11 is 14.2. The lowest BCUT2D eigenvalue weighted by molar-refractivity contribution is -0.605. The van der Waals surface area contributed by atoms with Crippen molar-refractivity contribution in [3.8, 4) is 11.5 Å². The number of alkyl halides is 2. The third-order valence-electron chi connectivity index (χ3n) is 7.61. The largest absolute Gasteiger partial charge is 0.619 e. The van der Waals surface area contributed by atoms with Crippen molar-refractivity contribution in [1.29, 1.82) is 0 Å². The standard InChI is InChI=1S/C32H33Cl2F2N3O6S/c1-37(2)29(40)21-7-5-19(6-8-21)15-38-11-12-46-30(38)31(41)44-27(14-23-24(33)16-39(42)17-25(23)34)22-9-10-26(45-32(35)36)28(13-22)43-18-20-3-4-20/h5-10,13,16-17,20,27,30,32H,3-4,11-12,14-15,18H2,1-2H3/t27-,30?/m0/s1. The fourth-order valence-corrected chi connectivity index (χ4v) is 6.73. The van der Waals surface area contributed by atoms with Crippen LogP contribution in [0.15, 0.2) is 54.9 Å². The van der Waals surface area contributed by atoms with E-state index in [2.05, 4.69) is 0 Å². The molecule has 3 aromatic rings. The van der Waals surface area contributed by atoms with Crippen LogP contribution < -0.4 is 14.2 Å². The Kier molecular flexibility index (Phi) is 11.1. The van der Waals surface area contributed by atoms with Gasteiger partial charge in [0.25, 0.3) is 5.91 Å². The first kappa shape index (κ1) is 34.0. The van der Waals surface area contributed by atoms with Crippen LogP contribution in [0.2, 0.25) is 10.0 Å². The van der Waals surface area contributed by atoms with E-state index in [9.17, 15) is 23.6 Å². The summed E-state index contributed by atoms with van der Waals surface area (Å²) in [7, 11) is 3.38. The summed E-state index contributed by atoms with van der Waals surface area (Å²) in [5, 5.41) is 11.4. The molecule has 1 saturated heterocycles. The van der Waals surface area contributed by atoms with Crippen LogP contribution in [-0.4, -0.2) is 66.7 Å². The zero-order valence-corrected chi connectivity index (χ0v) is 27.5. The zero-order valence-electron chi connectivity index (χ0n) is 25.2. The summed E-state index contributed by atoms with van der Waals surface area (Å²) in [6.45, 7) is -1.64. The molecule has 5 rings (SSSR count). The van der Waals surface area contributed by atoms with Crippen molar-refractivity contribution < 1.29 is 37.3 Å². The van der Waals surface area contributed by atoms with Crippen LogP contribution in [0.5, 0.6) is 11.5 Å². The first-order valence-corrected chi connectivity index (χ1v) is 16.4. The van der Waals surface area contributed by atoms with E-state index in [4.69, 9.17) is 37.4 Å². The number of aromatic nitrogens is 1. The zero-order chi connectivity index (χ0) is 33.0. The van der Waals surface area contributed by atoms with Gasteiger partial charge in [0.15, 0.2) is 29.3 Å². The summed E-state index contributed by atoms with van der Waals surface area (Å²) in [6.07, 6.45) is 3.32. The van der Waals surface area contributed by atoms with Gasteiger partial charge in [-0.15, -0.1) is 11.8 Å². The van der Waals surface area contributed by atoms with Gasteiger partial charge in [0.1, 0.15) is 16.1 Å². The number of carbonyl (C=O) groups is 2. The number of esters is 1. The monoisotopic (exact) mass is 695 g/mol. The van der Waals surface area contributed by atoms with E-state index in [1.165, 1.54) is 34.9 Å². The Bertz CT molecular complexity index is 1540. The minimum Gasteiger partial charge on any atom is -0.619 e. The molecule has 2 aromatic carbocycles. The molecule has 0 bridgehead atoms. The second kappa shape index (κ2) is 15.1. The molecule has 0 spiro atoms. The Morgan fingerprint density at radius 3 is 2.41 bits per heavy atom. The number of carbonyl (C=O) groups excluding carboxylic acids is 2. The van der Waals surface area contributed by atoms with E-state index in [1.54, 1.807) is 26.2 Å². The average Bonchev–Trinajstić information content (AvgIpc) is 3.73. The summed E-state index contributed by atoms with van der Waals surface area (Å²) in [5.74, 6) is 0.384. The van der Waals surface area contributed by atoms with E-state index >= 15 is 0 Å². The lowest BCUT2D eigenvalue weighted by atomic mass is 10.0. The molecule has 2 atom stereocenters. The molecule has 46 heavy (non-hydrogen) atoms. The molecule has 2 aliphatic rings. The molecule has 9 nitrogen and oxygen atoms in total. The number of benzene rings is 2. The second-order valence-electron chi connectivity index (χ2n) is 11.4. The van der Waals surface area contributed by atoms with Gasteiger partial charge in [0.2, 0.25) is 0 Å². The van der Waals surface area contributed by atoms with Crippen LogP contribution in [0.1, 0.15) is 46.0 Å². The summed E-state index contributed by atoms with van der Waals surface area (Å²) < 4.78 is 43.5. The van der Waals surface area contributed by atoms with Crippen LogP contribution in [0, 0.1) is 11.1 Å². The molecule has 1 unspecified atom stereocenters. The van der Waals surface area contributed by atoms with Crippen LogP contribution in [0.4, 0.5) is 8.78 Å². The second-order valence-corrected chi connectivity index (χ2v) is 13.4. The number of thioether (sulfide) groups is 1. The lowest BCUT2D eigenvalue weighted by Crippen LogP contribution is -2.36. The highest BCUT2D eigenvalue weighted by atomic mass is 35.5. The number of amides is 1. The first-order valence-electron chi connectivity index (χ1n) is 14.6. The molecule has 1 aliphatic carbocycles. The minimum atomic E-state index is -3.06. The molecule has 14 heteroatoms. The Morgan fingerprint density at radius 1 is 1.09 bits per heavy atom. The Hall–Kier alpha value is -3.32. The maximum atomic E-state index is 13.8. The molecule has 0 radical (unpaired) electrons. The summed E-state index contributed by atoms with van der Waals surface area (Å²) in [5.41, 5.74) is 2.31. The molecular weight excluding hydrogens is 663 g/mol. The molecule has 1 saturated carbocycles. The van der Waals surface area contributed by atoms with Gasteiger partial charge >= 0.3 is 12.6 Å². The predicted octanol–water partition coefficient (Wildman–Crippen LogP) is 6.12. The number of nitrogens with zero attached hydrogens (tertiary/aromatic N) is 3. The van der Waals surface area contributed by atoms with Crippen molar-refractivity contribution >= 4 is 46.8 Å². The number of rotatable bonds is 13. The highest BCUT2D eigenvalue weighted by Gasteiger charge is 2.35. The van der Waals surface area contributed by atoms with Crippen molar-refractivity contribution in [3.63, 3.8) is 0 Å². The van der Waals surface area contributed by atoms with Gasteiger partial charge in [-0.3, -0.25) is 9.69 Å². The fourth-order valence-electron chi connectivity index (χ4n) is 4.99. The normalized spacial score (nSPS) is 17.2. The fraction of sp³-hybridized carbons (Fsp3) is 0.406. The molecule has 0 N–H and O–H groups in total. The van der Waals surface area contributed by atoms with Crippen molar-refractivity contribution in [3.05, 3.63) is 92.4 Å². The Morgan fingerprint density at radius 2 is 1.78 bits per heavy atom. The minimum absolute atomic E-state index is 0.000114. The van der Waals surface area contributed by atoms with Crippen LogP contribution >= 0.6 is 35.0 Å². The van der Waals surface area contributed by atoms with Crippen molar-refractivity contribution in [2.75, 3.05) is 33.0 Å². The molecule has 1 aliphatic heterocycles. The van der Waals surface area contributed by atoms with Crippen LogP contribution in [0.3, 0.4) is 0 Å². The SMILES string of the molecule is CN(C)C(=O)c1ccc(CN2CCSC2C(=O)O[C@@H](Cc2c(Cl)c[n+]([O-])cc2Cl)c2ccc(OC(F)F)c(OCC3CC3)c2)cc1. The van der Waals surface area contributed by atoms with Gasteiger partial charge in [0, 0.05) is 50.5 Å². The van der Waals surface area contributed by atoms with Gasteiger partial charge in [-0.25, -0.2) is 4.79 Å². The summed E-state index contributed by atoms with van der Waals surface area (Å²) in [4.78, 5) is 29.5. The van der Waals surface area contributed by atoms with Crippen molar-refractivity contribution in [2.24, 2.45) is 5.92 Å². The van der Waals surface area contributed by atoms with Crippen LogP contribution in [-0.2, 0) is 22.5 Å². The van der Waals surface area contributed by atoms with Gasteiger partial charge in [-0.1, -0.05) is 41.4 Å². The van der Waals surface area contributed by atoms with E-state index in [1.807, 2.05) is 17.0 Å². The number of halogens is 4. The van der Waals surface area contributed by atoms with Crippen molar-refractivity contribution in [1.82, 2.24) is 9.80 Å². The van der Waals surface area contributed by atoms with E-state index in [0.717, 1.165) is 30.8 Å². The van der Waals surface area contributed by atoms with E-state index in [-0.39, 0.29) is 33.9 Å². The maximum Gasteiger partial charge on any atom is 0.387 e. The highest BCUT2D eigenvalue weighted by molar-refractivity contribution is 8.00. The van der Waals surface area contributed by atoms with E-state index in [0.29, 0.717) is 52.8 Å². The highest BCUT2D eigenvalue weighted by Crippen LogP contribution is 2.38. The summed E-state index contributed by atoms with van der Waals surface area (Å²) in [6, 6.07) is 11.6. The molecule has 1 aromatic heterocycles. The predicted molar refractivity (Wildman–Crippen MR) is 170 cm³/mol. The Balaban J connectivity index is 1.39. The lowest BCUT2D eigenvalue weighted by Gasteiger charge is -2.26. The molecule has 2 heterocycles. The third-order valence-corrected chi connectivity index (χ3v) is 9.49. The third kappa shape index (κ3) is 8.72. The van der Waals surface area contributed by atoms with Crippen LogP contribution in [0.25, 0.3) is 0 Å². The number of hydrogen-bond acceptors (Lipinski definition) is 8. The molecule has 1 amide bonds. The van der Waals surface area contributed by atoms with Gasteiger partial charge < -0.3 is 24.3 Å². The molecular formula is C32H33Cl2F2N3O6S. The number of ether oxygens (including phenoxy) is 3. The van der Waals surface area contributed by atoms with Crippen molar-refractivity contribution in [2.45, 2.75) is 43.9 Å². The first-order chi connectivity index (χ1) is 22.0. The topological polar surface area (TPSA) is 95.3 Å².